The first-order valence-electron chi connectivity index (χ1n) is 9.16. The molecule has 0 bridgehead atoms. The number of aryl methyl sites for hydroxylation is 1. The number of hydrogen-bond acceptors (Lipinski definition) is 3. The number of H-pyrrole nitrogens is 1. The van der Waals surface area contributed by atoms with Crippen molar-refractivity contribution in [1.82, 2.24) is 19.8 Å². The second kappa shape index (κ2) is 7.23. The molecule has 0 unspecified atom stereocenters. The maximum atomic E-state index is 12.8. The molecule has 3 aromatic rings. The monoisotopic (exact) mass is 362 g/mol. The van der Waals surface area contributed by atoms with Crippen LogP contribution in [0.15, 0.2) is 48.8 Å². The van der Waals surface area contributed by atoms with E-state index >= 15 is 0 Å². The van der Waals surface area contributed by atoms with Gasteiger partial charge in [-0.15, -0.1) is 0 Å². The number of carbonyl (C=O) groups excluding carboxylic acids is 2. The van der Waals surface area contributed by atoms with Crippen LogP contribution in [0.5, 0.6) is 0 Å². The largest absolute Gasteiger partial charge is 0.345 e. The number of fused-ring (bicyclic) bond motifs is 1. The third kappa shape index (κ3) is 3.69. The Hall–Kier alpha value is -3.15. The topological polar surface area (TPSA) is 69.3 Å². The van der Waals surface area contributed by atoms with Crippen molar-refractivity contribution in [3.63, 3.8) is 0 Å². The lowest BCUT2D eigenvalue weighted by molar-refractivity contribution is -0.131. The minimum absolute atomic E-state index is 0.00265. The van der Waals surface area contributed by atoms with Crippen molar-refractivity contribution in [2.24, 2.45) is 0 Å². The summed E-state index contributed by atoms with van der Waals surface area (Å²) in [5.41, 5.74) is 4.56. The van der Waals surface area contributed by atoms with E-state index in [1.54, 1.807) is 12.4 Å². The Kier molecular flexibility index (Phi) is 4.62. The van der Waals surface area contributed by atoms with Crippen molar-refractivity contribution in [2.45, 2.75) is 13.3 Å². The van der Waals surface area contributed by atoms with Crippen molar-refractivity contribution in [1.29, 1.82) is 0 Å². The third-order valence-corrected chi connectivity index (χ3v) is 5.06. The Morgan fingerprint density at radius 1 is 1.00 bits per heavy atom. The summed E-state index contributed by atoms with van der Waals surface area (Å²) < 4.78 is 0. The van der Waals surface area contributed by atoms with E-state index in [0.29, 0.717) is 38.2 Å². The number of imidazole rings is 1. The number of rotatable bonds is 3. The van der Waals surface area contributed by atoms with E-state index in [2.05, 4.69) is 9.97 Å². The minimum Gasteiger partial charge on any atom is -0.345 e. The molecular formula is C21H22N4O2. The highest BCUT2D eigenvalue weighted by atomic mass is 16.2. The van der Waals surface area contributed by atoms with Crippen LogP contribution in [0.25, 0.3) is 11.0 Å². The normalized spacial score (nSPS) is 14.6. The Morgan fingerprint density at radius 3 is 2.44 bits per heavy atom. The molecule has 138 valence electrons. The zero-order chi connectivity index (χ0) is 18.8. The summed E-state index contributed by atoms with van der Waals surface area (Å²) in [6, 6.07) is 13.5. The van der Waals surface area contributed by atoms with Gasteiger partial charge in [-0.1, -0.05) is 29.8 Å². The molecule has 1 aliphatic heterocycles. The molecule has 0 saturated carbocycles. The highest BCUT2D eigenvalue weighted by molar-refractivity contribution is 5.97. The maximum absolute atomic E-state index is 12.8. The number of aromatic nitrogens is 2. The van der Waals surface area contributed by atoms with Crippen molar-refractivity contribution in [2.75, 3.05) is 26.2 Å². The number of piperazine rings is 1. The van der Waals surface area contributed by atoms with Crippen molar-refractivity contribution >= 4 is 22.8 Å². The van der Waals surface area contributed by atoms with Gasteiger partial charge in [0.15, 0.2) is 0 Å². The molecule has 1 saturated heterocycles. The smallest absolute Gasteiger partial charge is 0.254 e. The number of amides is 2. The summed E-state index contributed by atoms with van der Waals surface area (Å²) in [7, 11) is 0. The van der Waals surface area contributed by atoms with Gasteiger partial charge in [0.1, 0.15) is 0 Å². The molecule has 4 rings (SSSR count). The van der Waals surface area contributed by atoms with Crippen LogP contribution in [0.4, 0.5) is 0 Å². The second-order valence-corrected chi connectivity index (χ2v) is 6.97. The van der Waals surface area contributed by atoms with Gasteiger partial charge in [0.25, 0.3) is 5.91 Å². The van der Waals surface area contributed by atoms with Crippen LogP contribution < -0.4 is 0 Å². The lowest BCUT2D eigenvalue weighted by atomic mass is 10.1. The number of nitrogens with zero attached hydrogens (tertiary/aromatic N) is 3. The predicted molar refractivity (Wildman–Crippen MR) is 103 cm³/mol. The fourth-order valence-electron chi connectivity index (χ4n) is 3.40. The summed E-state index contributed by atoms with van der Waals surface area (Å²) in [6.45, 7) is 4.29. The molecule has 6 nitrogen and oxygen atoms in total. The molecule has 0 atom stereocenters. The Balaban J connectivity index is 1.35. The number of carbonyl (C=O) groups is 2. The first-order valence-corrected chi connectivity index (χ1v) is 9.16. The van der Waals surface area contributed by atoms with E-state index in [0.717, 1.165) is 16.6 Å². The lowest BCUT2D eigenvalue weighted by Gasteiger charge is -2.35. The summed E-state index contributed by atoms with van der Waals surface area (Å²) in [5, 5.41) is 0. The first-order chi connectivity index (χ1) is 13.1. The number of benzene rings is 2. The SMILES string of the molecule is Cc1ccc(CC(=O)N2CCN(C(=O)c3ccc4nc[nH]c4c3)CC2)cc1. The first kappa shape index (κ1) is 17.3. The highest BCUT2D eigenvalue weighted by Crippen LogP contribution is 2.15. The lowest BCUT2D eigenvalue weighted by Crippen LogP contribution is -2.51. The summed E-state index contributed by atoms with van der Waals surface area (Å²) in [5.74, 6) is 0.113. The predicted octanol–water partition coefficient (Wildman–Crippen LogP) is 2.40. The molecule has 1 N–H and O–H groups in total. The fourth-order valence-corrected chi connectivity index (χ4v) is 3.40. The minimum atomic E-state index is -0.00265. The van der Waals surface area contributed by atoms with Gasteiger partial charge in [0, 0.05) is 31.7 Å². The van der Waals surface area contributed by atoms with Gasteiger partial charge in [0.2, 0.25) is 5.91 Å². The van der Waals surface area contributed by atoms with Crippen LogP contribution in [0.3, 0.4) is 0 Å². The molecule has 27 heavy (non-hydrogen) atoms. The van der Waals surface area contributed by atoms with Crippen LogP contribution >= 0.6 is 0 Å². The van der Waals surface area contributed by atoms with E-state index in [1.807, 2.05) is 53.1 Å². The van der Waals surface area contributed by atoms with Crippen LogP contribution in [0, 0.1) is 6.92 Å². The average molecular weight is 362 g/mol. The second-order valence-electron chi connectivity index (χ2n) is 6.97. The summed E-state index contributed by atoms with van der Waals surface area (Å²) in [6.07, 6.45) is 2.03. The molecule has 2 heterocycles. The van der Waals surface area contributed by atoms with Crippen molar-refractivity contribution in [3.8, 4) is 0 Å². The third-order valence-electron chi connectivity index (χ3n) is 5.06. The number of hydrogen-bond donors (Lipinski definition) is 1. The number of nitrogens with one attached hydrogen (secondary N) is 1. The molecule has 0 spiro atoms. The molecule has 1 fully saturated rings. The van der Waals surface area contributed by atoms with Gasteiger partial charge in [-0.05, 0) is 30.7 Å². The maximum Gasteiger partial charge on any atom is 0.254 e. The van der Waals surface area contributed by atoms with E-state index < -0.39 is 0 Å². The molecule has 6 heteroatoms. The van der Waals surface area contributed by atoms with Crippen molar-refractivity contribution < 1.29 is 9.59 Å². The van der Waals surface area contributed by atoms with Gasteiger partial charge < -0.3 is 14.8 Å². The molecular weight excluding hydrogens is 340 g/mol. The molecule has 1 aromatic heterocycles. The summed E-state index contributed by atoms with van der Waals surface area (Å²) >= 11 is 0. The van der Waals surface area contributed by atoms with E-state index in [4.69, 9.17) is 0 Å². The standard InChI is InChI=1S/C21H22N4O2/c1-15-2-4-16(5-3-15)12-20(26)24-8-10-25(11-9-24)21(27)17-6-7-18-19(13-17)23-14-22-18/h2-7,13-14H,8-12H2,1H3,(H,22,23). The molecule has 1 aliphatic rings. The summed E-state index contributed by atoms with van der Waals surface area (Å²) in [4.78, 5) is 36.1. The number of aromatic amines is 1. The van der Waals surface area contributed by atoms with Crippen LogP contribution in [0.2, 0.25) is 0 Å². The fraction of sp³-hybridized carbons (Fsp3) is 0.286. The van der Waals surface area contributed by atoms with E-state index in [9.17, 15) is 9.59 Å². The molecule has 0 radical (unpaired) electrons. The van der Waals surface area contributed by atoms with Crippen LogP contribution in [-0.2, 0) is 11.2 Å². The van der Waals surface area contributed by atoms with Crippen LogP contribution in [0.1, 0.15) is 21.5 Å². The molecule has 2 aromatic carbocycles. The van der Waals surface area contributed by atoms with Crippen LogP contribution in [-0.4, -0.2) is 57.8 Å². The van der Waals surface area contributed by atoms with Crippen molar-refractivity contribution in [3.05, 3.63) is 65.5 Å². The van der Waals surface area contributed by atoms with Gasteiger partial charge in [-0.3, -0.25) is 9.59 Å². The van der Waals surface area contributed by atoms with Gasteiger partial charge >= 0.3 is 0 Å². The zero-order valence-electron chi connectivity index (χ0n) is 15.3. The van der Waals surface area contributed by atoms with Gasteiger partial charge in [0.05, 0.1) is 23.8 Å². The quantitative estimate of drug-likeness (QED) is 0.778. The molecule has 2 amide bonds. The van der Waals surface area contributed by atoms with Gasteiger partial charge in [-0.25, -0.2) is 4.98 Å². The van der Waals surface area contributed by atoms with Gasteiger partial charge in [-0.2, -0.15) is 0 Å². The van der Waals surface area contributed by atoms with E-state index in [1.165, 1.54) is 5.56 Å². The Bertz CT molecular complexity index is 969. The average Bonchev–Trinajstić information content (AvgIpc) is 3.17. The highest BCUT2D eigenvalue weighted by Gasteiger charge is 2.25. The zero-order valence-corrected chi connectivity index (χ0v) is 15.3. The Morgan fingerprint density at radius 2 is 1.70 bits per heavy atom. The molecule has 0 aliphatic carbocycles. The Labute approximate surface area is 157 Å². The van der Waals surface area contributed by atoms with E-state index in [-0.39, 0.29) is 11.8 Å².